The molecule has 2 aliphatic rings. The van der Waals surface area contributed by atoms with Gasteiger partial charge in [-0.3, -0.25) is 14.3 Å². The van der Waals surface area contributed by atoms with E-state index in [0.717, 1.165) is 25.8 Å². The fourth-order valence-electron chi connectivity index (χ4n) is 4.64. The van der Waals surface area contributed by atoms with Gasteiger partial charge in [0.1, 0.15) is 0 Å². The van der Waals surface area contributed by atoms with Gasteiger partial charge in [-0.2, -0.15) is 5.10 Å². The van der Waals surface area contributed by atoms with Crippen LogP contribution >= 0.6 is 0 Å². The molecule has 5 rings (SSSR count). The maximum absolute atomic E-state index is 13.0. The van der Waals surface area contributed by atoms with E-state index >= 15 is 0 Å². The molecular weight excluding hydrogens is 406 g/mol. The number of aromatic nitrogens is 5. The van der Waals surface area contributed by atoms with Gasteiger partial charge >= 0.3 is 0 Å². The van der Waals surface area contributed by atoms with Gasteiger partial charge in [0, 0.05) is 32.4 Å². The average molecular weight is 434 g/mol. The molecule has 0 radical (unpaired) electrons. The molecule has 1 aromatic carbocycles. The van der Waals surface area contributed by atoms with Gasteiger partial charge in [-0.25, -0.2) is 4.68 Å². The third-order valence-electron chi connectivity index (χ3n) is 6.42. The van der Waals surface area contributed by atoms with Crippen LogP contribution in [0.25, 0.3) is 0 Å². The molecule has 0 bridgehead atoms. The number of amides is 2. The molecule has 166 valence electrons. The highest BCUT2D eigenvalue weighted by atomic mass is 16.2. The largest absolute Gasteiger partial charge is 0.334 e. The summed E-state index contributed by atoms with van der Waals surface area (Å²) in [5, 5.41) is 12.5. The smallest absolute Gasteiger partial charge is 0.276 e. The topological polar surface area (TPSA) is 89.2 Å². The molecule has 2 aliphatic heterocycles. The molecular formula is C23H27N7O2. The molecule has 0 aliphatic carbocycles. The zero-order valence-corrected chi connectivity index (χ0v) is 18.2. The van der Waals surface area contributed by atoms with Crippen molar-refractivity contribution in [3.8, 4) is 0 Å². The van der Waals surface area contributed by atoms with Crippen molar-refractivity contribution in [1.29, 1.82) is 0 Å². The van der Waals surface area contributed by atoms with Crippen LogP contribution in [0.2, 0.25) is 0 Å². The van der Waals surface area contributed by atoms with Crippen LogP contribution in [0.3, 0.4) is 0 Å². The monoisotopic (exact) mass is 433 g/mol. The third-order valence-corrected chi connectivity index (χ3v) is 6.42. The van der Waals surface area contributed by atoms with E-state index in [1.54, 1.807) is 28.0 Å². The fraction of sp³-hybridized carbons (Fsp3) is 0.435. The van der Waals surface area contributed by atoms with Crippen LogP contribution in [0.1, 0.15) is 51.7 Å². The molecule has 1 unspecified atom stereocenters. The van der Waals surface area contributed by atoms with Crippen molar-refractivity contribution in [2.75, 3.05) is 13.1 Å². The Morgan fingerprint density at radius 1 is 1.06 bits per heavy atom. The summed E-state index contributed by atoms with van der Waals surface area (Å²) in [6.45, 7) is 5.24. The Bertz CT molecular complexity index is 1130. The van der Waals surface area contributed by atoms with Gasteiger partial charge < -0.3 is 9.80 Å². The minimum absolute atomic E-state index is 0.00408. The number of fused-ring (bicyclic) bond motifs is 1. The highest BCUT2D eigenvalue weighted by Gasteiger charge is 2.31. The first-order valence-electron chi connectivity index (χ1n) is 11.2. The van der Waals surface area contributed by atoms with Crippen molar-refractivity contribution in [3.63, 3.8) is 0 Å². The number of aryl methyl sites for hydroxylation is 1. The molecule has 4 heterocycles. The summed E-state index contributed by atoms with van der Waals surface area (Å²) in [6, 6.07) is 8.26. The van der Waals surface area contributed by atoms with E-state index in [1.807, 2.05) is 28.9 Å². The van der Waals surface area contributed by atoms with E-state index in [1.165, 1.54) is 11.1 Å². The normalized spacial score (nSPS) is 18.1. The zero-order chi connectivity index (χ0) is 22.1. The Kier molecular flexibility index (Phi) is 5.46. The van der Waals surface area contributed by atoms with E-state index in [9.17, 15) is 9.59 Å². The molecule has 1 fully saturated rings. The number of hydrogen-bond donors (Lipinski definition) is 0. The lowest BCUT2D eigenvalue weighted by Crippen LogP contribution is -2.38. The van der Waals surface area contributed by atoms with Gasteiger partial charge in [0.05, 0.1) is 30.5 Å². The molecule has 0 N–H and O–H groups in total. The summed E-state index contributed by atoms with van der Waals surface area (Å²) in [5.41, 5.74) is 3.45. The van der Waals surface area contributed by atoms with Crippen molar-refractivity contribution in [2.45, 2.75) is 51.9 Å². The van der Waals surface area contributed by atoms with Crippen LogP contribution in [0.15, 0.2) is 42.9 Å². The lowest BCUT2D eigenvalue weighted by molar-refractivity contribution is 0.0714. The molecule has 2 amide bonds. The number of nitrogens with zero attached hydrogens (tertiary/aromatic N) is 7. The Balaban J connectivity index is 1.25. The SMILES string of the molecule is CCn1cc(C(=O)N2CCCC2Cn2cc(C(=O)N3CCc4ccccc4C3)nn2)cn1. The van der Waals surface area contributed by atoms with Crippen LogP contribution < -0.4 is 0 Å². The first-order valence-corrected chi connectivity index (χ1v) is 11.2. The molecule has 0 spiro atoms. The summed E-state index contributed by atoms with van der Waals surface area (Å²) < 4.78 is 3.45. The van der Waals surface area contributed by atoms with Gasteiger partial charge in [0.25, 0.3) is 11.8 Å². The third kappa shape index (κ3) is 3.90. The molecule has 9 heteroatoms. The Labute approximate surface area is 186 Å². The second kappa shape index (κ2) is 8.57. The summed E-state index contributed by atoms with van der Waals surface area (Å²) in [4.78, 5) is 29.7. The highest BCUT2D eigenvalue weighted by molar-refractivity contribution is 5.94. The van der Waals surface area contributed by atoms with Gasteiger partial charge in [0.2, 0.25) is 0 Å². The number of carbonyl (C=O) groups excluding carboxylic acids is 2. The van der Waals surface area contributed by atoms with E-state index < -0.39 is 0 Å². The predicted octanol–water partition coefficient (Wildman–Crippen LogP) is 2.00. The van der Waals surface area contributed by atoms with Crippen molar-refractivity contribution < 1.29 is 9.59 Å². The van der Waals surface area contributed by atoms with E-state index in [-0.39, 0.29) is 17.9 Å². The molecule has 9 nitrogen and oxygen atoms in total. The van der Waals surface area contributed by atoms with Crippen LogP contribution in [0.4, 0.5) is 0 Å². The Morgan fingerprint density at radius 2 is 1.91 bits per heavy atom. The summed E-state index contributed by atoms with van der Waals surface area (Å²) >= 11 is 0. The molecule has 3 aromatic rings. The molecule has 2 aromatic heterocycles. The number of hydrogen-bond acceptors (Lipinski definition) is 5. The van der Waals surface area contributed by atoms with Crippen LogP contribution in [-0.2, 0) is 26.1 Å². The van der Waals surface area contributed by atoms with Gasteiger partial charge in [0.15, 0.2) is 5.69 Å². The maximum atomic E-state index is 13.0. The quantitative estimate of drug-likeness (QED) is 0.614. The van der Waals surface area contributed by atoms with Crippen LogP contribution in [0.5, 0.6) is 0 Å². The highest BCUT2D eigenvalue weighted by Crippen LogP contribution is 2.22. The standard InChI is InChI=1S/C23H27N7O2/c1-2-28-14-19(12-24-28)22(31)30-10-5-8-20(30)15-29-16-21(25-26-29)23(32)27-11-9-17-6-3-4-7-18(17)13-27/h3-4,6-7,12,14,16,20H,2,5,8-11,13,15H2,1H3. The second-order valence-corrected chi connectivity index (χ2v) is 8.45. The number of carbonyl (C=O) groups is 2. The summed E-state index contributed by atoms with van der Waals surface area (Å²) in [6.07, 6.45) is 7.83. The number of rotatable bonds is 5. The van der Waals surface area contributed by atoms with Crippen molar-refractivity contribution in [2.24, 2.45) is 0 Å². The Morgan fingerprint density at radius 3 is 2.72 bits per heavy atom. The van der Waals surface area contributed by atoms with Crippen LogP contribution in [-0.4, -0.2) is 65.5 Å². The maximum Gasteiger partial charge on any atom is 0.276 e. The van der Waals surface area contributed by atoms with Gasteiger partial charge in [-0.15, -0.1) is 5.10 Å². The van der Waals surface area contributed by atoms with Gasteiger partial charge in [-0.05, 0) is 37.3 Å². The minimum Gasteiger partial charge on any atom is -0.334 e. The molecule has 1 atom stereocenters. The van der Waals surface area contributed by atoms with Crippen molar-refractivity contribution >= 4 is 11.8 Å². The van der Waals surface area contributed by atoms with E-state index in [0.29, 0.717) is 37.4 Å². The summed E-state index contributed by atoms with van der Waals surface area (Å²) in [7, 11) is 0. The van der Waals surface area contributed by atoms with Crippen molar-refractivity contribution in [1.82, 2.24) is 34.6 Å². The van der Waals surface area contributed by atoms with Crippen molar-refractivity contribution in [3.05, 3.63) is 65.2 Å². The lowest BCUT2D eigenvalue weighted by atomic mass is 10.00. The second-order valence-electron chi connectivity index (χ2n) is 8.45. The number of likely N-dealkylation sites (tertiary alicyclic amines) is 1. The predicted molar refractivity (Wildman–Crippen MR) is 117 cm³/mol. The van der Waals surface area contributed by atoms with Gasteiger partial charge in [-0.1, -0.05) is 29.5 Å². The fourth-order valence-corrected chi connectivity index (χ4v) is 4.64. The summed E-state index contributed by atoms with van der Waals surface area (Å²) in [5.74, 6) is -0.104. The number of benzene rings is 1. The first kappa shape index (κ1) is 20.4. The Hall–Kier alpha value is -3.49. The lowest BCUT2D eigenvalue weighted by Gasteiger charge is -2.28. The molecule has 32 heavy (non-hydrogen) atoms. The first-order chi connectivity index (χ1) is 15.6. The minimum atomic E-state index is -0.0999. The molecule has 1 saturated heterocycles. The molecule has 0 saturated carbocycles. The van der Waals surface area contributed by atoms with E-state index in [2.05, 4.69) is 27.5 Å². The van der Waals surface area contributed by atoms with E-state index in [4.69, 9.17) is 0 Å². The zero-order valence-electron chi connectivity index (χ0n) is 18.2. The van der Waals surface area contributed by atoms with Crippen LogP contribution in [0, 0.1) is 0 Å². The average Bonchev–Trinajstić information content (AvgIpc) is 3.59.